The normalized spacial score (nSPS) is 24.9. The van der Waals surface area contributed by atoms with E-state index in [2.05, 4.69) is 40.8 Å². The maximum absolute atomic E-state index is 11.8. The third-order valence-electron chi connectivity index (χ3n) is 4.89. The zero-order valence-corrected chi connectivity index (χ0v) is 14.7. The number of amides is 1. The summed E-state index contributed by atoms with van der Waals surface area (Å²) in [5.41, 5.74) is 0. The molecular formula is C15H31NO2Si. The molecule has 0 aromatic heterocycles. The fourth-order valence-electron chi connectivity index (χ4n) is 2.21. The molecule has 112 valence electrons. The molecule has 0 bridgehead atoms. The number of carbonyl (C=O) groups is 1. The van der Waals surface area contributed by atoms with Crippen LogP contribution < -0.4 is 0 Å². The van der Waals surface area contributed by atoms with Gasteiger partial charge in [-0.05, 0) is 24.1 Å². The molecule has 0 spiro atoms. The molecule has 0 N–H and O–H groups in total. The van der Waals surface area contributed by atoms with Gasteiger partial charge in [0.15, 0.2) is 8.32 Å². The molecular weight excluding hydrogens is 254 g/mol. The van der Waals surface area contributed by atoms with Crippen molar-refractivity contribution in [3.05, 3.63) is 0 Å². The second kappa shape index (κ2) is 5.96. The second-order valence-corrected chi connectivity index (χ2v) is 12.3. The number of carbonyl (C=O) groups excluding carboxylic acids is 1. The minimum absolute atomic E-state index is 0.258. The molecule has 0 aromatic carbocycles. The summed E-state index contributed by atoms with van der Waals surface area (Å²) in [7, 11) is -1.66. The van der Waals surface area contributed by atoms with E-state index < -0.39 is 8.32 Å². The summed E-state index contributed by atoms with van der Waals surface area (Å²) in [4.78, 5) is 13.8. The molecule has 1 heterocycles. The van der Waals surface area contributed by atoms with Crippen molar-refractivity contribution in [1.82, 2.24) is 4.90 Å². The Morgan fingerprint density at radius 3 is 2.37 bits per heavy atom. The minimum Gasteiger partial charge on any atom is -0.416 e. The van der Waals surface area contributed by atoms with Gasteiger partial charge in [0.25, 0.3) is 0 Å². The Balaban J connectivity index is 2.53. The molecule has 0 aliphatic carbocycles. The molecule has 0 unspecified atom stereocenters. The Kier molecular flexibility index (Phi) is 5.24. The van der Waals surface area contributed by atoms with Crippen molar-refractivity contribution < 1.29 is 9.22 Å². The predicted molar refractivity (Wildman–Crippen MR) is 82.7 cm³/mol. The first-order valence-corrected chi connectivity index (χ1v) is 10.4. The van der Waals surface area contributed by atoms with Crippen molar-refractivity contribution in [3.63, 3.8) is 0 Å². The molecule has 4 heteroatoms. The standard InChI is InChI=1S/C15H31NO2Si/c1-8-14(17)16-9-12(2)13(10-16)11-18-19(6,7)15(3,4)5/h12-13H,8-11H2,1-7H3/t12-,13-/m0/s1. The lowest BCUT2D eigenvalue weighted by Crippen LogP contribution is -2.42. The highest BCUT2D eigenvalue weighted by molar-refractivity contribution is 6.74. The second-order valence-electron chi connectivity index (χ2n) is 7.46. The topological polar surface area (TPSA) is 29.5 Å². The lowest BCUT2D eigenvalue weighted by atomic mass is 10.00. The van der Waals surface area contributed by atoms with Gasteiger partial charge in [-0.3, -0.25) is 4.79 Å². The van der Waals surface area contributed by atoms with Gasteiger partial charge in [-0.25, -0.2) is 0 Å². The number of nitrogens with zero attached hydrogens (tertiary/aromatic N) is 1. The molecule has 0 saturated carbocycles. The van der Waals surface area contributed by atoms with Crippen LogP contribution in [0.5, 0.6) is 0 Å². The van der Waals surface area contributed by atoms with Crippen molar-refractivity contribution in [2.24, 2.45) is 11.8 Å². The van der Waals surface area contributed by atoms with Gasteiger partial charge in [-0.1, -0.05) is 34.6 Å². The predicted octanol–water partition coefficient (Wildman–Crippen LogP) is 3.51. The first-order valence-electron chi connectivity index (χ1n) is 7.50. The summed E-state index contributed by atoms with van der Waals surface area (Å²) >= 11 is 0. The van der Waals surface area contributed by atoms with E-state index >= 15 is 0 Å². The van der Waals surface area contributed by atoms with Gasteiger partial charge in [-0.15, -0.1) is 0 Å². The Morgan fingerprint density at radius 1 is 1.32 bits per heavy atom. The zero-order valence-electron chi connectivity index (χ0n) is 13.7. The molecule has 1 aliphatic rings. The lowest BCUT2D eigenvalue weighted by Gasteiger charge is -2.37. The van der Waals surface area contributed by atoms with Crippen LogP contribution in [0.1, 0.15) is 41.0 Å². The van der Waals surface area contributed by atoms with Crippen molar-refractivity contribution in [1.29, 1.82) is 0 Å². The van der Waals surface area contributed by atoms with Crippen LogP contribution in [0, 0.1) is 11.8 Å². The highest BCUT2D eigenvalue weighted by atomic mass is 28.4. The van der Waals surface area contributed by atoms with Gasteiger partial charge < -0.3 is 9.33 Å². The van der Waals surface area contributed by atoms with Gasteiger partial charge in [0.2, 0.25) is 5.91 Å². The highest BCUT2D eigenvalue weighted by Gasteiger charge is 2.39. The van der Waals surface area contributed by atoms with E-state index in [1.807, 2.05) is 11.8 Å². The maximum Gasteiger partial charge on any atom is 0.222 e. The Hall–Kier alpha value is -0.353. The zero-order chi connectivity index (χ0) is 14.8. The summed E-state index contributed by atoms with van der Waals surface area (Å²) in [6.45, 7) is 18.2. The summed E-state index contributed by atoms with van der Waals surface area (Å²) < 4.78 is 6.31. The van der Waals surface area contributed by atoms with Crippen LogP contribution >= 0.6 is 0 Å². The van der Waals surface area contributed by atoms with Crippen molar-refractivity contribution >= 4 is 14.2 Å². The SMILES string of the molecule is CCC(=O)N1C[C@@H](CO[Si](C)(C)C(C)(C)C)[C@@H](C)C1. The molecule has 0 radical (unpaired) electrons. The smallest absolute Gasteiger partial charge is 0.222 e. The van der Waals surface area contributed by atoms with E-state index in [1.165, 1.54) is 0 Å². The fraction of sp³-hybridized carbons (Fsp3) is 0.933. The van der Waals surface area contributed by atoms with Gasteiger partial charge in [0.1, 0.15) is 0 Å². The first kappa shape index (κ1) is 16.7. The van der Waals surface area contributed by atoms with Crippen LogP contribution in [0.4, 0.5) is 0 Å². The summed E-state index contributed by atoms with van der Waals surface area (Å²) in [5, 5.41) is 0.258. The largest absolute Gasteiger partial charge is 0.416 e. The summed E-state index contributed by atoms with van der Waals surface area (Å²) in [6.07, 6.45) is 0.614. The minimum atomic E-state index is -1.66. The maximum atomic E-state index is 11.8. The quantitative estimate of drug-likeness (QED) is 0.740. The summed E-state index contributed by atoms with van der Waals surface area (Å²) in [6, 6.07) is 0. The molecule has 2 atom stereocenters. The molecule has 1 fully saturated rings. The van der Waals surface area contributed by atoms with Crippen LogP contribution in [-0.2, 0) is 9.22 Å². The monoisotopic (exact) mass is 285 g/mol. The van der Waals surface area contributed by atoms with Crippen molar-refractivity contribution in [3.8, 4) is 0 Å². The lowest BCUT2D eigenvalue weighted by molar-refractivity contribution is -0.130. The Bertz CT molecular complexity index is 323. The Morgan fingerprint density at radius 2 is 1.89 bits per heavy atom. The van der Waals surface area contributed by atoms with E-state index in [9.17, 15) is 4.79 Å². The van der Waals surface area contributed by atoms with E-state index in [0.717, 1.165) is 19.7 Å². The van der Waals surface area contributed by atoms with E-state index in [1.54, 1.807) is 0 Å². The third kappa shape index (κ3) is 4.05. The number of hydrogen-bond acceptors (Lipinski definition) is 2. The average Bonchev–Trinajstić information content (AvgIpc) is 2.65. The van der Waals surface area contributed by atoms with Crippen molar-refractivity contribution in [2.45, 2.75) is 59.2 Å². The third-order valence-corrected chi connectivity index (χ3v) is 9.39. The molecule has 1 amide bonds. The van der Waals surface area contributed by atoms with E-state index in [4.69, 9.17) is 4.43 Å². The van der Waals surface area contributed by atoms with Crippen molar-refractivity contribution in [2.75, 3.05) is 19.7 Å². The van der Waals surface area contributed by atoms with E-state index in [-0.39, 0.29) is 10.9 Å². The van der Waals surface area contributed by atoms with Crippen LogP contribution in [0.3, 0.4) is 0 Å². The van der Waals surface area contributed by atoms with Gasteiger partial charge in [0, 0.05) is 32.0 Å². The number of hydrogen-bond donors (Lipinski definition) is 0. The summed E-state index contributed by atoms with van der Waals surface area (Å²) in [5.74, 6) is 1.34. The highest BCUT2D eigenvalue weighted by Crippen LogP contribution is 2.37. The molecule has 3 nitrogen and oxygen atoms in total. The molecule has 1 aliphatic heterocycles. The van der Waals surface area contributed by atoms with Gasteiger partial charge >= 0.3 is 0 Å². The fourth-order valence-corrected chi connectivity index (χ4v) is 3.27. The van der Waals surface area contributed by atoms with Crippen LogP contribution in [0.25, 0.3) is 0 Å². The molecule has 1 saturated heterocycles. The van der Waals surface area contributed by atoms with Crippen LogP contribution in [0.15, 0.2) is 0 Å². The number of rotatable bonds is 4. The number of likely N-dealkylation sites (tertiary alicyclic amines) is 1. The van der Waals surface area contributed by atoms with Gasteiger partial charge in [0.05, 0.1) is 0 Å². The van der Waals surface area contributed by atoms with Gasteiger partial charge in [-0.2, -0.15) is 0 Å². The van der Waals surface area contributed by atoms with E-state index in [0.29, 0.717) is 18.3 Å². The van der Waals surface area contributed by atoms with Crippen LogP contribution in [-0.4, -0.2) is 38.8 Å². The molecule has 19 heavy (non-hydrogen) atoms. The van der Waals surface area contributed by atoms with Crippen LogP contribution in [0.2, 0.25) is 18.1 Å². The molecule has 0 aromatic rings. The first-order chi connectivity index (χ1) is 8.58. The average molecular weight is 286 g/mol. The molecule has 1 rings (SSSR count). The Labute approximate surface area is 119 Å².